The number of ketones is 1. The largest absolute Gasteiger partial charge is 0.381 e. The van der Waals surface area contributed by atoms with Crippen LogP contribution in [0.1, 0.15) is 75.8 Å². The van der Waals surface area contributed by atoms with Gasteiger partial charge in [-0.3, -0.25) is 13.9 Å². The van der Waals surface area contributed by atoms with Crippen LogP contribution in [-0.2, 0) is 29.8 Å². The number of ether oxygens (including phenoxy) is 1. The third-order valence-electron chi connectivity index (χ3n) is 10.6. The van der Waals surface area contributed by atoms with Gasteiger partial charge in [-0.15, -0.1) is 0 Å². The van der Waals surface area contributed by atoms with E-state index in [0.29, 0.717) is 31.2 Å². The van der Waals surface area contributed by atoms with Crippen LogP contribution < -0.4 is 9.62 Å². The monoisotopic (exact) mass is 732 g/mol. The molecule has 3 aliphatic heterocycles. The number of carbonyl (C=O) groups excluding carboxylic acids is 2. The van der Waals surface area contributed by atoms with E-state index >= 15 is 0 Å². The van der Waals surface area contributed by atoms with Crippen LogP contribution in [0.5, 0.6) is 0 Å². The van der Waals surface area contributed by atoms with Gasteiger partial charge in [-0.2, -0.15) is 10.5 Å². The predicted molar refractivity (Wildman–Crippen MR) is 207 cm³/mol. The van der Waals surface area contributed by atoms with Gasteiger partial charge in [0.15, 0.2) is 5.78 Å². The lowest BCUT2D eigenvalue weighted by Gasteiger charge is -2.35. The quantitative estimate of drug-likeness (QED) is 0.214. The first-order valence-corrected chi connectivity index (χ1v) is 20.0. The van der Waals surface area contributed by atoms with E-state index in [1.165, 1.54) is 29.0 Å². The Hall–Kier alpha value is -5.03. The average molecular weight is 733 g/mol. The first-order chi connectivity index (χ1) is 25.6. The zero-order valence-corrected chi connectivity index (χ0v) is 31.2. The van der Waals surface area contributed by atoms with Gasteiger partial charge < -0.3 is 10.1 Å². The maximum absolute atomic E-state index is 11.7. The number of amides is 1. The molecule has 53 heavy (non-hydrogen) atoms. The number of para-hydroxylation sites is 1. The number of nitrogens with one attached hydrogen (secondary N) is 1. The molecule has 0 spiro atoms. The predicted octanol–water partition coefficient (Wildman–Crippen LogP) is 7.61. The highest BCUT2D eigenvalue weighted by atomic mass is 32.2. The Morgan fingerprint density at radius 3 is 1.98 bits per heavy atom. The van der Waals surface area contributed by atoms with Crippen LogP contribution in [0, 0.1) is 28.6 Å². The van der Waals surface area contributed by atoms with Crippen LogP contribution in [0.4, 0.5) is 5.69 Å². The van der Waals surface area contributed by atoms with Crippen molar-refractivity contribution in [1.82, 2.24) is 5.32 Å². The molecule has 0 aromatic heterocycles. The van der Waals surface area contributed by atoms with Crippen molar-refractivity contribution in [1.29, 1.82) is 10.5 Å². The molecule has 1 saturated carbocycles. The molecular formula is C43H48N4O5S. The zero-order chi connectivity index (χ0) is 37.7. The average Bonchev–Trinajstić information content (AvgIpc) is 3.71. The number of Topliss-reactive ketones (excluding diaryl/α,β-unsaturated/α-hetero) is 1. The molecule has 1 amide bonds. The molecule has 1 aliphatic carbocycles. The SMILES string of the molecule is CC1(C2CCCCC2)NC(=O)CC1=O.N#CC1(c2ccccc2)CCOCC1.N#Cc1ccc2ccccc2c1.O=S1(=O)CCCN1c1ccccc1. The fourth-order valence-corrected chi connectivity index (χ4v) is 9.03. The summed E-state index contributed by atoms with van der Waals surface area (Å²) in [7, 11) is -3.01. The van der Waals surface area contributed by atoms with Gasteiger partial charge in [0, 0.05) is 19.8 Å². The number of anilines is 1. The van der Waals surface area contributed by atoms with Crippen molar-refractivity contribution < 1.29 is 22.7 Å². The number of benzene rings is 4. The normalized spacial score (nSPS) is 21.6. The first kappa shape index (κ1) is 39.2. The van der Waals surface area contributed by atoms with E-state index < -0.39 is 15.6 Å². The zero-order valence-electron chi connectivity index (χ0n) is 30.4. The minimum absolute atomic E-state index is 0.0903. The highest BCUT2D eigenvalue weighted by molar-refractivity contribution is 7.93. The van der Waals surface area contributed by atoms with Crippen molar-refractivity contribution in [2.75, 3.05) is 29.8 Å². The van der Waals surface area contributed by atoms with Crippen molar-refractivity contribution >= 4 is 38.2 Å². The Morgan fingerprint density at radius 1 is 0.792 bits per heavy atom. The summed E-state index contributed by atoms with van der Waals surface area (Å²) in [6, 6.07) is 37.6. The van der Waals surface area contributed by atoms with Crippen LogP contribution >= 0.6 is 0 Å². The summed E-state index contributed by atoms with van der Waals surface area (Å²) in [6.07, 6.45) is 8.29. The van der Waals surface area contributed by atoms with Crippen molar-refractivity contribution in [3.63, 3.8) is 0 Å². The Balaban J connectivity index is 0.000000136. The Labute approximate surface area is 313 Å². The van der Waals surface area contributed by atoms with E-state index in [-0.39, 0.29) is 29.3 Å². The van der Waals surface area contributed by atoms with Gasteiger partial charge in [-0.25, -0.2) is 8.42 Å². The first-order valence-electron chi connectivity index (χ1n) is 18.4. The maximum atomic E-state index is 11.7. The van der Waals surface area contributed by atoms with Gasteiger partial charge in [0.05, 0.1) is 46.5 Å². The Kier molecular flexibility index (Phi) is 13.4. The van der Waals surface area contributed by atoms with E-state index in [4.69, 9.17) is 10.00 Å². The van der Waals surface area contributed by atoms with Gasteiger partial charge >= 0.3 is 0 Å². The lowest BCUT2D eigenvalue weighted by atomic mass is 9.74. The highest BCUT2D eigenvalue weighted by Gasteiger charge is 2.47. The summed E-state index contributed by atoms with van der Waals surface area (Å²) in [5.74, 6) is 0.648. The van der Waals surface area contributed by atoms with Crippen molar-refractivity contribution in [2.45, 2.75) is 75.7 Å². The summed E-state index contributed by atoms with van der Waals surface area (Å²) >= 11 is 0. The number of nitrogens with zero attached hydrogens (tertiary/aromatic N) is 3. The van der Waals surface area contributed by atoms with E-state index in [1.54, 1.807) is 0 Å². The molecule has 10 heteroatoms. The smallest absolute Gasteiger partial charge is 0.235 e. The third-order valence-corrected chi connectivity index (χ3v) is 12.5. The Bertz CT molecular complexity index is 2030. The lowest BCUT2D eigenvalue weighted by molar-refractivity contribution is -0.124. The molecule has 276 valence electrons. The standard InChI is InChI=1S/C12H13NO.C11H17NO2.C11H7N.C9H11NO2S/c13-10-12(6-8-14-9-7-12)11-4-2-1-3-5-11;1-11(8-5-3-2-4-6-8)9(13)7-10(14)12-11;12-8-9-5-6-10-3-1-2-4-11(10)7-9;11-13(12)8-4-7-10(13)9-5-2-1-3-6-9/h1-5H,6-9H2;8H,2-7H2,1H3,(H,12,14);1-7H;1-3,5-6H,4,7-8H2. The topological polar surface area (TPSA) is 140 Å². The van der Waals surface area contributed by atoms with Crippen LogP contribution in [0.25, 0.3) is 10.8 Å². The van der Waals surface area contributed by atoms with Crippen LogP contribution in [0.3, 0.4) is 0 Å². The molecule has 1 atom stereocenters. The second-order valence-corrected chi connectivity index (χ2v) is 16.1. The highest BCUT2D eigenvalue weighted by Crippen LogP contribution is 2.36. The second kappa shape index (κ2) is 18.1. The number of fused-ring (bicyclic) bond motifs is 1. The molecule has 4 aliphatic rings. The summed E-state index contributed by atoms with van der Waals surface area (Å²) in [4.78, 5) is 22.9. The van der Waals surface area contributed by atoms with Crippen LogP contribution in [-0.4, -0.2) is 51.2 Å². The van der Waals surface area contributed by atoms with Crippen LogP contribution in [0.2, 0.25) is 0 Å². The molecule has 3 saturated heterocycles. The number of sulfonamides is 1. The van der Waals surface area contributed by atoms with Gasteiger partial charge in [0.1, 0.15) is 0 Å². The van der Waals surface area contributed by atoms with Gasteiger partial charge in [-0.05, 0) is 85.5 Å². The molecule has 3 heterocycles. The van der Waals surface area contributed by atoms with Gasteiger partial charge in [0.25, 0.3) is 0 Å². The molecule has 9 nitrogen and oxygen atoms in total. The fourth-order valence-electron chi connectivity index (χ4n) is 7.47. The number of rotatable bonds is 3. The van der Waals surface area contributed by atoms with Crippen molar-refractivity contribution in [3.05, 3.63) is 114 Å². The van der Waals surface area contributed by atoms with E-state index in [9.17, 15) is 23.3 Å². The van der Waals surface area contributed by atoms with Gasteiger partial charge in [0.2, 0.25) is 15.9 Å². The second-order valence-electron chi connectivity index (χ2n) is 14.1. The van der Waals surface area contributed by atoms with Crippen LogP contribution in [0.15, 0.2) is 103 Å². The number of nitriles is 2. The molecule has 4 fully saturated rings. The molecule has 4 aromatic rings. The van der Waals surface area contributed by atoms with E-state index in [0.717, 1.165) is 48.7 Å². The van der Waals surface area contributed by atoms with E-state index in [1.807, 2.05) is 110 Å². The molecule has 8 rings (SSSR count). The third kappa shape index (κ3) is 9.90. The minimum Gasteiger partial charge on any atom is -0.381 e. The lowest BCUT2D eigenvalue weighted by Crippen LogP contribution is -2.50. The summed E-state index contributed by atoms with van der Waals surface area (Å²) in [5, 5.41) is 23.1. The molecule has 1 N–H and O–H groups in total. The minimum atomic E-state index is -3.01. The van der Waals surface area contributed by atoms with Crippen molar-refractivity contribution in [3.8, 4) is 12.1 Å². The number of carbonyl (C=O) groups is 2. The Morgan fingerprint density at radius 2 is 1.42 bits per heavy atom. The fraction of sp³-hybridized carbons (Fsp3) is 0.395. The van der Waals surface area contributed by atoms with Crippen molar-refractivity contribution in [2.24, 2.45) is 5.92 Å². The van der Waals surface area contributed by atoms with E-state index in [2.05, 4.69) is 17.5 Å². The van der Waals surface area contributed by atoms with Gasteiger partial charge in [-0.1, -0.05) is 98.1 Å². The number of hydrogen-bond donors (Lipinski definition) is 1. The summed E-state index contributed by atoms with van der Waals surface area (Å²) in [6.45, 7) is 3.91. The molecule has 1 unspecified atom stereocenters. The maximum Gasteiger partial charge on any atom is 0.235 e. The molecule has 4 aromatic carbocycles. The summed E-state index contributed by atoms with van der Waals surface area (Å²) in [5.41, 5.74) is 1.77. The molecule has 0 bridgehead atoms. The molecular weight excluding hydrogens is 685 g/mol. The number of hydrogen-bond acceptors (Lipinski definition) is 7. The molecule has 0 radical (unpaired) electrons. The summed E-state index contributed by atoms with van der Waals surface area (Å²) < 4.78 is 29.8.